The number of carbonyl (C=O) groups excluding carboxylic acids is 2. The highest BCUT2D eigenvalue weighted by molar-refractivity contribution is 5.80. The van der Waals surface area contributed by atoms with Gasteiger partial charge in [-0.25, -0.2) is 4.68 Å². The van der Waals surface area contributed by atoms with Crippen LogP contribution in [0.1, 0.15) is 13.3 Å². The summed E-state index contributed by atoms with van der Waals surface area (Å²) in [5.74, 6) is -0.822. The van der Waals surface area contributed by atoms with Gasteiger partial charge in [-0.05, 0) is 19.1 Å². The van der Waals surface area contributed by atoms with Crippen LogP contribution in [-0.2, 0) is 25.6 Å². The maximum absolute atomic E-state index is 12.3. The molecule has 9 heteroatoms. The van der Waals surface area contributed by atoms with Crippen LogP contribution in [0, 0.1) is 0 Å². The molecule has 0 aliphatic carbocycles. The van der Waals surface area contributed by atoms with Gasteiger partial charge < -0.3 is 14.4 Å². The Balaban J connectivity index is 1.50. The molecule has 1 fully saturated rings. The summed E-state index contributed by atoms with van der Waals surface area (Å²) < 4.78 is 11.5. The first-order valence-electron chi connectivity index (χ1n) is 8.42. The third-order valence-electron chi connectivity index (χ3n) is 4.11. The molecule has 26 heavy (non-hydrogen) atoms. The number of ether oxygens (including phenoxy) is 2. The number of nitrogens with zero attached hydrogens (tertiary/aromatic N) is 4. The number of fused-ring (bicyclic) bond motifs is 1. The molecule has 1 aliphatic rings. The summed E-state index contributed by atoms with van der Waals surface area (Å²) in [6, 6.07) is 6.86. The van der Waals surface area contributed by atoms with E-state index in [1.165, 1.54) is 0 Å². The Morgan fingerprint density at radius 1 is 1.35 bits per heavy atom. The molecule has 0 radical (unpaired) electrons. The van der Waals surface area contributed by atoms with Gasteiger partial charge in [0.15, 0.2) is 6.61 Å². The van der Waals surface area contributed by atoms with E-state index in [4.69, 9.17) is 9.47 Å². The zero-order valence-electron chi connectivity index (χ0n) is 14.5. The molecular formula is C17H20N4O5. The van der Waals surface area contributed by atoms with Crippen molar-refractivity contribution in [2.24, 2.45) is 0 Å². The highest BCUT2D eigenvalue weighted by Gasteiger charge is 2.22. The number of hydrogen-bond donors (Lipinski definition) is 0. The molecule has 2 heterocycles. The Bertz CT molecular complexity index is 866. The first-order chi connectivity index (χ1) is 12.5. The molecule has 1 unspecified atom stereocenters. The molecular weight excluding hydrogens is 340 g/mol. The molecule has 1 atom stereocenters. The summed E-state index contributed by atoms with van der Waals surface area (Å²) >= 11 is 0. The first-order valence-corrected chi connectivity index (χ1v) is 8.42. The molecule has 1 saturated heterocycles. The zero-order valence-corrected chi connectivity index (χ0v) is 14.5. The number of carbonyl (C=O) groups is 2. The van der Waals surface area contributed by atoms with E-state index in [9.17, 15) is 14.4 Å². The van der Waals surface area contributed by atoms with Crippen LogP contribution in [0.5, 0.6) is 0 Å². The van der Waals surface area contributed by atoms with Crippen LogP contribution < -0.4 is 5.56 Å². The molecule has 9 nitrogen and oxygen atoms in total. The fourth-order valence-corrected chi connectivity index (χ4v) is 2.72. The summed E-state index contributed by atoms with van der Waals surface area (Å²) in [5, 5.41) is 8.20. The standard InChI is InChI=1S/C17H20N4O5/c1-12-10-20(8-9-25-12)15(22)11-26-16(23)6-7-21-17(24)13-4-2-3-5-14(13)18-19-21/h2-5,12H,6-11H2,1H3. The van der Waals surface area contributed by atoms with Crippen LogP contribution in [0.25, 0.3) is 10.9 Å². The molecule has 3 rings (SSSR count). The second-order valence-electron chi connectivity index (χ2n) is 6.07. The molecule has 138 valence electrons. The van der Waals surface area contributed by atoms with Crippen molar-refractivity contribution in [1.82, 2.24) is 19.9 Å². The van der Waals surface area contributed by atoms with Gasteiger partial charge in [0.1, 0.15) is 5.52 Å². The Hall–Kier alpha value is -2.81. The number of aryl methyl sites for hydroxylation is 1. The van der Waals surface area contributed by atoms with Gasteiger partial charge in [-0.2, -0.15) is 0 Å². The second-order valence-corrected chi connectivity index (χ2v) is 6.07. The van der Waals surface area contributed by atoms with Crippen LogP contribution in [0.4, 0.5) is 0 Å². The molecule has 0 saturated carbocycles. The number of morpholine rings is 1. The SMILES string of the molecule is CC1CN(C(=O)COC(=O)CCn2nnc3ccccc3c2=O)CCO1. The van der Waals surface area contributed by atoms with Crippen LogP contribution in [0.2, 0.25) is 0 Å². The van der Waals surface area contributed by atoms with E-state index in [1.54, 1.807) is 29.2 Å². The summed E-state index contributed by atoms with van der Waals surface area (Å²) in [6.45, 7) is 3.06. The van der Waals surface area contributed by atoms with Gasteiger partial charge >= 0.3 is 5.97 Å². The monoisotopic (exact) mass is 360 g/mol. The smallest absolute Gasteiger partial charge is 0.308 e. The minimum Gasteiger partial charge on any atom is -0.456 e. The minimum atomic E-state index is -0.568. The Labute approximate surface area is 149 Å². The number of hydrogen-bond acceptors (Lipinski definition) is 7. The average Bonchev–Trinajstić information content (AvgIpc) is 2.65. The third-order valence-corrected chi connectivity index (χ3v) is 4.11. The van der Waals surface area contributed by atoms with E-state index < -0.39 is 5.97 Å². The molecule has 1 aromatic carbocycles. The summed E-state index contributed by atoms with van der Waals surface area (Å²) in [4.78, 5) is 37.8. The fourth-order valence-electron chi connectivity index (χ4n) is 2.72. The maximum atomic E-state index is 12.3. The van der Waals surface area contributed by atoms with Crippen LogP contribution in [0.3, 0.4) is 0 Å². The quantitative estimate of drug-likeness (QED) is 0.690. The second kappa shape index (κ2) is 8.05. The predicted octanol–water partition coefficient (Wildman–Crippen LogP) is -0.0279. The topological polar surface area (TPSA) is 104 Å². The van der Waals surface area contributed by atoms with Crippen LogP contribution in [-0.4, -0.2) is 64.2 Å². The lowest BCUT2D eigenvalue weighted by molar-refractivity contribution is -0.155. The van der Waals surface area contributed by atoms with Crippen molar-refractivity contribution in [3.63, 3.8) is 0 Å². The number of esters is 1. The molecule has 1 aliphatic heterocycles. The third kappa shape index (κ3) is 4.23. The van der Waals surface area contributed by atoms with Crippen molar-refractivity contribution in [2.45, 2.75) is 26.0 Å². The predicted molar refractivity (Wildman–Crippen MR) is 91.4 cm³/mol. The number of amides is 1. The first kappa shape index (κ1) is 18.0. The van der Waals surface area contributed by atoms with Crippen molar-refractivity contribution < 1.29 is 19.1 Å². The molecule has 0 bridgehead atoms. The summed E-state index contributed by atoms with van der Waals surface area (Å²) in [5.41, 5.74) is 0.184. The Kier molecular flexibility index (Phi) is 5.57. The number of rotatable bonds is 5. The lowest BCUT2D eigenvalue weighted by atomic mass is 10.2. The number of benzene rings is 1. The summed E-state index contributed by atoms with van der Waals surface area (Å²) in [6.07, 6.45) is -0.0959. The van der Waals surface area contributed by atoms with Crippen molar-refractivity contribution >= 4 is 22.8 Å². The van der Waals surface area contributed by atoms with Crippen molar-refractivity contribution in [1.29, 1.82) is 0 Å². The van der Waals surface area contributed by atoms with Gasteiger partial charge in [0.25, 0.3) is 11.5 Å². The van der Waals surface area contributed by atoms with E-state index in [1.807, 2.05) is 6.92 Å². The maximum Gasteiger partial charge on any atom is 0.308 e. The minimum absolute atomic E-state index is 0.0262. The molecule has 1 amide bonds. The largest absolute Gasteiger partial charge is 0.456 e. The zero-order chi connectivity index (χ0) is 18.5. The van der Waals surface area contributed by atoms with E-state index in [0.717, 1.165) is 4.68 Å². The highest BCUT2D eigenvalue weighted by Crippen LogP contribution is 2.05. The van der Waals surface area contributed by atoms with Gasteiger partial charge in [-0.1, -0.05) is 17.3 Å². The van der Waals surface area contributed by atoms with Gasteiger partial charge in [0.2, 0.25) is 0 Å². The van der Waals surface area contributed by atoms with E-state index >= 15 is 0 Å². The van der Waals surface area contributed by atoms with Gasteiger partial charge in [-0.15, -0.1) is 5.10 Å². The van der Waals surface area contributed by atoms with Gasteiger partial charge in [-0.3, -0.25) is 14.4 Å². The van der Waals surface area contributed by atoms with Crippen molar-refractivity contribution in [3.05, 3.63) is 34.6 Å². The van der Waals surface area contributed by atoms with Gasteiger partial charge in [0.05, 0.1) is 31.1 Å². The molecule has 0 spiro atoms. The van der Waals surface area contributed by atoms with Crippen LogP contribution >= 0.6 is 0 Å². The van der Waals surface area contributed by atoms with E-state index in [0.29, 0.717) is 30.6 Å². The van der Waals surface area contributed by atoms with Crippen molar-refractivity contribution in [2.75, 3.05) is 26.3 Å². The average molecular weight is 360 g/mol. The fraction of sp³-hybridized carbons (Fsp3) is 0.471. The Morgan fingerprint density at radius 2 is 2.15 bits per heavy atom. The van der Waals surface area contributed by atoms with Crippen LogP contribution in [0.15, 0.2) is 29.1 Å². The summed E-state index contributed by atoms with van der Waals surface area (Å²) in [7, 11) is 0. The normalized spacial score (nSPS) is 17.3. The van der Waals surface area contributed by atoms with E-state index in [-0.39, 0.29) is 37.1 Å². The molecule has 0 N–H and O–H groups in total. The Morgan fingerprint density at radius 3 is 2.96 bits per heavy atom. The van der Waals surface area contributed by atoms with Gasteiger partial charge in [0, 0.05) is 13.1 Å². The number of aromatic nitrogens is 3. The lowest BCUT2D eigenvalue weighted by Crippen LogP contribution is -2.46. The van der Waals surface area contributed by atoms with Crippen molar-refractivity contribution in [3.8, 4) is 0 Å². The lowest BCUT2D eigenvalue weighted by Gasteiger charge is -2.30. The molecule has 1 aromatic heterocycles. The van der Waals surface area contributed by atoms with E-state index in [2.05, 4.69) is 10.3 Å². The highest BCUT2D eigenvalue weighted by atomic mass is 16.5. The molecule has 2 aromatic rings.